The molecule has 7 unspecified atom stereocenters. The summed E-state index contributed by atoms with van der Waals surface area (Å²) in [5, 5.41) is 0. The second-order valence-corrected chi connectivity index (χ2v) is 11.3. The predicted molar refractivity (Wildman–Crippen MR) is 140 cm³/mol. The van der Waals surface area contributed by atoms with Crippen LogP contribution in [0, 0.1) is 22.7 Å². The summed E-state index contributed by atoms with van der Waals surface area (Å²) in [6.07, 6.45) is 8.30. The van der Waals surface area contributed by atoms with E-state index in [2.05, 4.69) is 33.9 Å². The molecule has 7 atom stereocenters. The Hall–Kier alpha value is -2.41. The van der Waals surface area contributed by atoms with E-state index in [1.165, 1.54) is 13.8 Å². The van der Waals surface area contributed by atoms with Gasteiger partial charge in [-0.3, -0.25) is 19.1 Å². The highest BCUT2D eigenvalue weighted by atomic mass is 16.8. The van der Waals surface area contributed by atoms with Crippen molar-refractivity contribution >= 4 is 17.9 Å². The Labute approximate surface area is 221 Å². The Morgan fingerprint density at radius 3 is 2.46 bits per heavy atom. The van der Waals surface area contributed by atoms with Crippen molar-refractivity contribution in [2.75, 3.05) is 0 Å². The number of esters is 3. The molecule has 1 spiro atoms. The normalized spacial score (nSPS) is 34.4. The van der Waals surface area contributed by atoms with Crippen molar-refractivity contribution in [1.82, 2.24) is 0 Å². The van der Waals surface area contributed by atoms with Gasteiger partial charge < -0.3 is 14.2 Å². The predicted octanol–water partition coefficient (Wildman–Crippen LogP) is 6.18. The van der Waals surface area contributed by atoms with Gasteiger partial charge in [0.05, 0.1) is 5.41 Å². The highest BCUT2D eigenvalue weighted by Gasteiger charge is 2.67. The van der Waals surface area contributed by atoms with E-state index in [-0.39, 0.29) is 17.3 Å². The monoisotopic (exact) mass is 516 g/mol. The van der Waals surface area contributed by atoms with Gasteiger partial charge in [0.15, 0.2) is 0 Å². The highest BCUT2D eigenvalue weighted by Crippen LogP contribution is 2.67. The van der Waals surface area contributed by atoms with Crippen LogP contribution in [-0.2, 0) is 33.3 Å². The molecule has 0 radical (unpaired) electrons. The summed E-state index contributed by atoms with van der Waals surface area (Å²) in [5.74, 6) is -0.862. The van der Waals surface area contributed by atoms with Gasteiger partial charge in [0, 0.05) is 25.8 Å². The van der Waals surface area contributed by atoms with Gasteiger partial charge in [-0.05, 0) is 61.9 Å². The third kappa shape index (κ3) is 6.02. The van der Waals surface area contributed by atoms with E-state index in [0.29, 0.717) is 18.8 Å². The van der Waals surface area contributed by atoms with E-state index in [1.54, 1.807) is 6.08 Å². The number of hydrogen-bond donors (Lipinski definition) is 0. The molecule has 0 aromatic carbocycles. The molecular weight excluding hydrogens is 472 g/mol. The molecule has 3 rings (SSSR count). The summed E-state index contributed by atoms with van der Waals surface area (Å²) < 4.78 is 23.5. The number of carbonyl (C=O) groups is 3. The minimum absolute atomic E-state index is 0.0419. The number of ether oxygens (including phenoxy) is 4. The first-order valence-corrected chi connectivity index (χ1v) is 13.7. The van der Waals surface area contributed by atoms with Gasteiger partial charge in [-0.1, -0.05) is 58.4 Å². The van der Waals surface area contributed by atoms with Crippen LogP contribution in [0.25, 0.3) is 0 Å². The first-order valence-electron chi connectivity index (χ1n) is 13.7. The Balaban J connectivity index is 2.06. The quantitative estimate of drug-likeness (QED) is 0.107. The Bertz CT molecular complexity index is 936. The standard InChI is InChI=1S/C30H44O7/c1-8-10-11-12-26(33)36-23-17-24-27(34-21(5)31)37-28(35-22(6)32)30(24)16-14-20(4)29(7,25(30)18-23)15-13-19(3)9-2/h9,17,20,23,25,27-28H,2-3,8,10-16,18H2,1,4-7H3. The zero-order valence-electron chi connectivity index (χ0n) is 23.2. The van der Waals surface area contributed by atoms with Crippen molar-refractivity contribution in [3.05, 3.63) is 36.5 Å². The van der Waals surface area contributed by atoms with Gasteiger partial charge in [-0.25, -0.2) is 0 Å². The zero-order valence-corrected chi connectivity index (χ0v) is 23.2. The maximum absolute atomic E-state index is 12.7. The fourth-order valence-electron chi connectivity index (χ4n) is 6.70. The third-order valence-corrected chi connectivity index (χ3v) is 8.91. The topological polar surface area (TPSA) is 88.1 Å². The van der Waals surface area contributed by atoms with Crippen LogP contribution in [0.5, 0.6) is 0 Å². The molecule has 0 bridgehead atoms. The van der Waals surface area contributed by atoms with Crippen molar-refractivity contribution in [1.29, 1.82) is 0 Å². The average Bonchev–Trinajstić information content (AvgIpc) is 3.11. The molecular formula is C30H44O7. The van der Waals surface area contributed by atoms with E-state index in [4.69, 9.17) is 18.9 Å². The van der Waals surface area contributed by atoms with Gasteiger partial charge >= 0.3 is 17.9 Å². The second kappa shape index (κ2) is 12.0. The molecule has 2 aliphatic carbocycles. The number of unbranched alkanes of at least 4 members (excludes halogenated alkanes) is 2. The average molecular weight is 517 g/mol. The lowest BCUT2D eigenvalue weighted by atomic mass is 9.46. The second-order valence-electron chi connectivity index (χ2n) is 11.3. The first-order chi connectivity index (χ1) is 17.5. The van der Waals surface area contributed by atoms with Crippen LogP contribution in [0.2, 0.25) is 0 Å². The van der Waals surface area contributed by atoms with E-state index in [0.717, 1.165) is 56.1 Å². The van der Waals surface area contributed by atoms with Gasteiger partial charge in [0.1, 0.15) is 6.10 Å². The Morgan fingerprint density at radius 2 is 1.84 bits per heavy atom. The van der Waals surface area contributed by atoms with E-state index in [1.807, 2.05) is 6.08 Å². The smallest absolute Gasteiger partial charge is 0.306 e. The summed E-state index contributed by atoms with van der Waals surface area (Å²) in [4.78, 5) is 36.9. The van der Waals surface area contributed by atoms with Crippen molar-refractivity contribution < 1.29 is 33.3 Å². The number of allylic oxidation sites excluding steroid dienone is 2. The van der Waals surface area contributed by atoms with Gasteiger partial charge in [-0.2, -0.15) is 0 Å². The molecule has 206 valence electrons. The molecule has 3 aliphatic rings. The molecule has 1 aliphatic heterocycles. The van der Waals surface area contributed by atoms with Crippen molar-refractivity contribution in [2.45, 2.75) is 111 Å². The molecule has 37 heavy (non-hydrogen) atoms. The lowest BCUT2D eigenvalue weighted by Crippen LogP contribution is -2.57. The number of hydrogen-bond acceptors (Lipinski definition) is 7. The van der Waals surface area contributed by atoms with Crippen LogP contribution in [0.1, 0.15) is 92.4 Å². The van der Waals surface area contributed by atoms with E-state index < -0.39 is 36.0 Å². The maximum Gasteiger partial charge on any atom is 0.306 e. The van der Waals surface area contributed by atoms with Gasteiger partial charge in [0.2, 0.25) is 12.6 Å². The van der Waals surface area contributed by atoms with Crippen LogP contribution in [0.15, 0.2) is 36.5 Å². The minimum atomic E-state index is -0.994. The maximum atomic E-state index is 12.7. The van der Waals surface area contributed by atoms with Crippen LogP contribution >= 0.6 is 0 Å². The van der Waals surface area contributed by atoms with Crippen molar-refractivity contribution in [3.8, 4) is 0 Å². The molecule has 0 aromatic rings. The summed E-state index contributed by atoms with van der Waals surface area (Å²) in [6.45, 7) is 17.3. The highest BCUT2D eigenvalue weighted by molar-refractivity contribution is 5.70. The summed E-state index contributed by atoms with van der Waals surface area (Å²) in [6, 6.07) is 0. The van der Waals surface area contributed by atoms with Crippen LogP contribution < -0.4 is 0 Å². The summed E-state index contributed by atoms with van der Waals surface area (Å²) in [5.41, 5.74) is 0.838. The first kappa shape index (κ1) is 29.2. The molecule has 7 nitrogen and oxygen atoms in total. The fourth-order valence-corrected chi connectivity index (χ4v) is 6.70. The lowest BCUT2D eigenvalue weighted by molar-refractivity contribution is -0.236. The molecule has 1 heterocycles. The zero-order chi connectivity index (χ0) is 27.4. The van der Waals surface area contributed by atoms with Crippen molar-refractivity contribution in [2.24, 2.45) is 22.7 Å². The van der Waals surface area contributed by atoms with Crippen molar-refractivity contribution in [3.63, 3.8) is 0 Å². The molecule has 1 saturated heterocycles. The number of rotatable bonds is 11. The largest absolute Gasteiger partial charge is 0.458 e. The molecule has 7 heteroatoms. The van der Waals surface area contributed by atoms with Gasteiger partial charge in [0.25, 0.3) is 0 Å². The van der Waals surface area contributed by atoms with E-state index in [9.17, 15) is 14.4 Å². The third-order valence-electron chi connectivity index (χ3n) is 8.91. The molecule has 1 saturated carbocycles. The summed E-state index contributed by atoms with van der Waals surface area (Å²) >= 11 is 0. The van der Waals surface area contributed by atoms with E-state index >= 15 is 0 Å². The molecule has 0 N–H and O–H groups in total. The van der Waals surface area contributed by atoms with Crippen LogP contribution in [0.4, 0.5) is 0 Å². The lowest BCUT2D eigenvalue weighted by Gasteiger charge is -2.58. The SMILES string of the molecule is C=CC(=C)CCC1(C)C(C)CCC23C(=CC(OC(=O)CCCCC)CC12)C(OC(C)=O)OC3OC(C)=O. The minimum Gasteiger partial charge on any atom is -0.458 e. The fraction of sp³-hybridized carbons (Fsp3) is 0.700. The van der Waals surface area contributed by atoms with Crippen LogP contribution in [0.3, 0.4) is 0 Å². The summed E-state index contributed by atoms with van der Waals surface area (Å²) in [7, 11) is 0. The molecule has 2 fully saturated rings. The van der Waals surface area contributed by atoms with Crippen LogP contribution in [-0.4, -0.2) is 36.6 Å². The Kier molecular flexibility index (Phi) is 9.43. The van der Waals surface area contributed by atoms with Gasteiger partial charge in [-0.15, -0.1) is 0 Å². The molecule has 0 aromatic heterocycles. The number of carbonyl (C=O) groups excluding carboxylic acids is 3. The molecule has 0 amide bonds. The Morgan fingerprint density at radius 1 is 1.14 bits per heavy atom.